The molecule has 90 valence electrons. The molecule has 0 amide bonds. The molecule has 2 rings (SSSR count). The lowest BCUT2D eigenvalue weighted by molar-refractivity contribution is -0.128. The van der Waals surface area contributed by atoms with Crippen LogP contribution >= 0.6 is 0 Å². The van der Waals surface area contributed by atoms with Gasteiger partial charge in [0, 0.05) is 11.6 Å². The Morgan fingerprint density at radius 1 is 1.11 bits per heavy atom. The number of carbonyl (C=O) groups is 1. The van der Waals surface area contributed by atoms with Crippen molar-refractivity contribution in [3.63, 3.8) is 0 Å². The van der Waals surface area contributed by atoms with E-state index < -0.39 is 5.97 Å². The average molecular weight is 238 g/mol. The van der Waals surface area contributed by atoms with Gasteiger partial charge in [0.05, 0.1) is 0 Å². The van der Waals surface area contributed by atoms with Crippen molar-refractivity contribution in [2.45, 2.75) is 6.92 Å². The van der Waals surface area contributed by atoms with Crippen molar-refractivity contribution in [3.8, 4) is 16.9 Å². The summed E-state index contributed by atoms with van der Waals surface area (Å²) in [5, 5.41) is 0. The lowest BCUT2D eigenvalue weighted by Crippen LogP contribution is -2.04. The summed E-state index contributed by atoms with van der Waals surface area (Å²) in [5.41, 5.74) is 3.11. The Morgan fingerprint density at radius 3 is 2.44 bits per heavy atom. The van der Waals surface area contributed by atoms with E-state index in [-0.39, 0.29) is 0 Å². The monoisotopic (exact) mass is 238 g/mol. The van der Waals surface area contributed by atoms with Gasteiger partial charge in [0.25, 0.3) is 0 Å². The zero-order valence-corrected chi connectivity index (χ0v) is 10.2. The summed E-state index contributed by atoms with van der Waals surface area (Å²) in [6.45, 7) is 5.43. The number of hydrogen-bond donors (Lipinski definition) is 0. The summed E-state index contributed by atoms with van der Waals surface area (Å²) in [6.07, 6.45) is 1.16. The summed E-state index contributed by atoms with van der Waals surface area (Å²) >= 11 is 0. The lowest BCUT2D eigenvalue weighted by Gasteiger charge is -2.09. The second-order valence-corrected chi connectivity index (χ2v) is 3.99. The van der Waals surface area contributed by atoms with Crippen LogP contribution in [0.5, 0.6) is 5.75 Å². The number of hydrogen-bond acceptors (Lipinski definition) is 2. The van der Waals surface area contributed by atoms with E-state index >= 15 is 0 Å². The van der Waals surface area contributed by atoms with E-state index in [4.69, 9.17) is 4.74 Å². The van der Waals surface area contributed by atoms with Gasteiger partial charge in [-0.05, 0) is 18.6 Å². The SMILES string of the molecule is C=CC(=O)Oc1ccccc1-c1ccc(C)cc1. The van der Waals surface area contributed by atoms with Crippen molar-refractivity contribution >= 4 is 5.97 Å². The molecule has 0 aliphatic rings. The van der Waals surface area contributed by atoms with Gasteiger partial charge in [-0.2, -0.15) is 0 Å². The molecule has 0 saturated heterocycles. The van der Waals surface area contributed by atoms with Gasteiger partial charge in [0.1, 0.15) is 5.75 Å². The molecule has 0 saturated carbocycles. The molecular weight excluding hydrogens is 224 g/mol. The predicted octanol–water partition coefficient (Wildman–Crippen LogP) is 3.75. The highest BCUT2D eigenvalue weighted by molar-refractivity contribution is 5.85. The van der Waals surface area contributed by atoms with Gasteiger partial charge < -0.3 is 4.74 Å². The first-order chi connectivity index (χ1) is 8.70. The molecule has 18 heavy (non-hydrogen) atoms. The molecule has 0 spiro atoms. The van der Waals surface area contributed by atoms with E-state index in [2.05, 4.69) is 6.58 Å². The summed E-state index contributed by atoms with van der Waals surface area (Å²) in [5.74, 6) is 0.0980. The number of aryl methyl sites for hydroxylation is 1. The van der Waals surface area contributed by atoms with E-state index in [0.717, 1.165) is 17.2 Å². The van der Waals surface area contributed by atoms with Crippen LogP contribution in [0.4, 0.5) is 0 Å². The van der Waals surface area contributed by atoms with Crippen LogP contribution in [0.15, 0.2) is 61.2 Å². The van der Waals surface area contributed by atoms with Crippen LogP contribution in [0.3, 0.4) is 0 Å². The van der Waals surface area contributed by atoms with E-state index in [9.17, 15) is 4.79 Å². The third-order valence-corrected chi connectivity index (χ3v) is 2.63. The number of carbonyl (C=O) groups excluding carboxylic acids is 1. The van der Waals surface area contributed by atoms with Crippen LogP contribution in [0.25, 0.3) is 11.1 Å². The third kappa shape index (κ3) is 2.66. The topological polar surface area (TPSA) is 26.3 Å². The Kier molecular flexibility index (Phi) is 3.58. The maximum Gasteiger partial charge on any atom is 0.335 e. The molecule has 2 aromatic carbocycles. The predicted molar refractivity (Wildman–Crippen MR) is 72.4 cm³/mol. The zero-order chi connectivity index (χ0) is 13.0. The van der Waals surface area contributed by atoms with Gasteiger partial charge in [-0.15, -0.1) is 0 Å². The summed E-state index contributed by atoms with van der Waals surface area (Å²) in [6, 6.07) is 15.5. The van der Waals surface area contributed by atoms with Crippen molar-refractivity contribution in [3.05, 3.63) is 66.7 Å². The minimum atomic E-state index is -0.449. The van der Waals surface area contributed by atoms with Gasteiger partial charge in [-0.25, -0.2) is 4.79 Å². The number of ether oxygens (including phenoxy) is 1. The van der Waals surface area contributed by atoms with Gasteiger partial charge in [-0.1, -0.05) is 54.6 Å². The van der Waals surface area contributed by atoms with E-state index in [1.54, 1.807) is 6.07 Å². The first-order valence-corrected chi connectivity index (χ1v) is 5.71. The van der Waals surface area contributed by atoms with Crippen LogP contribution in [-0.4, -0.2) is 5.97 Å². The molecule has 2 nitrogen and oxygen atoms in total. The quantitative estimate of drug-likeness (QED) is 0.462. The summed E-state index contributed by atoms with van der Waals surface area (Å²) < 4.78 is 5.22. The molecule has 0 radical (unpaired) electrons. The fraction of sp³-hybridized carbons (Fsp3) is 0.0625. The molecule has 0 heterocycles. The normalized spacial score (nSPS) is 9.83. The first-order valence-electron chi connectivity index (χ1n) is 5.71. The molecular formula is C16H14O2. The highest BCUT2D eigenvalue weighted by atomic mass is 16.5. The fourth-order valence-electron chi connectivity index (χ4n) is 1.68. The molecule has 0 aliphatic carbocycles. The maximum absolute atomic E-state index is 11.3. The lowest BCUT2D eigenvalue weighted by atomic mass is 10.0. The molecule has 0 unspecified atom stereocenters. The van der Waals surface area contributed by atoms with Crippen LogP contribution in [0, 0.1) is 6.92 Å². The largest absolute Gasteiger partial charge is 0.423 e. The fourth-order valence-corrected chi connectivity index (χ4v) is 1.68. The number of benzene rings is 2. The zero-order valence-electron chi connectivity index (χ0n) is 10.2. The van der Waals surface area contributed by atoms with Crippen molar-refractivity contribution < 1.29 is 9.53 Å². The Balaban J connectivity index is 2.41. The summed E-state index contributed by atoms with van der Waals surface area (Å²) in [4.78, 5) is 11.3. The van der Waals surface area contributed by atoms with Crippen molar-refractivity contribution in [2.75, 3.05) is 0 Å². The summed E-state index contributed by atoms with van der Waals surface area (Å²) in [7, 11) is 0. The molecule has 0 atom stereocenters. The van der Waals surface area contributed by atoms with Gasteiger partial charge >= 0.3 is 5.97 Å². The van der Waals surface area contributed by atoms with Crippen LogP contribution in [0.2, 0.25) is 0 Å². The molecule has 0 aromatic heterocycles. The Labute approximate surface area is 107 Å². The Morgan fingerprint density at radius 2 is 1.78 bits per heavy atom. The van der Waals surface area contributed by atoms with E-state index in [1.165, 1.54) is 5.56 Å². The van der Waals surface area contributed by atoms with Crippen molar-refractivity contribution in [1.29, 1.82) is 0 Å². The average Bonchev–Trinajstić information content (AvgIpc) is 2.40. The minimum absolute atomic E-state index is 0.449. The maximum atomic E-state index is 11.3. The highest BCUT2D eigenvalue weighted by Gasteiger charge is 2.07. The number of esters is 1. The smallest absolute Gasteiger partial charge is 0.335 e. The van der Waals surface area contributed by atoms with Crippen LogP contribution in [0.1, 0.15) is 5.56 Å². The van der Waals surface area contributed by atoms with Crippen molar-refractivity contribution in [1.82, 2.24) is 0 Å². The molecule has 0 N–H and O–H groups in total. The third-order valence-electron chi connectivity index (χ3n) is 2.63. The van der Waals surface area contributed by atoms with E-state index in [0.29, 0.717) is 5.75 Å². The molecule has 2 heteroatoms. The first kappa shape index (κ1) is 12.1. The van der Waals surface area contributed by atoms with Gasteiger partial charge in [0.15, 0.2) is 0 Å². The molecule has 0 bridgehead atoms. The van der Waals surface area contributed by atoms with Crippen molar-refractivity contribution in [2.24, 2.45) is 0 Å². The number of para-hydroxylation sites is 1. The standard InChI is InChI=1S/C16H14O2/c1-3-16(17)18-15-7-5-4-6-14(15)13-10-8-12(2)9-11-13/h3-11H,1H2,2H3. The van der Waals surface area contributed by atoms with Gasteiger partial charge in [-0.3, -0.25) is 0 Å². The molecule has 0 fully saturated rings. The Hall–Kier alpha value is -2.35. The second kappa shape index (κ2) is 5.32. The number of rotatable bonds is 3. The highest BCUT2D eigenvalue weighted by Crippen LogP contribution is 2.29. The molecule has 0 aliphatic heterocycles. The Bertz CT molecular complexity index is 568. The van der Waals surface area contributed by atoms with E-state index in [1.807, 2.05) is 49.4 Å². The minimum Gasteiger partial charge on any atom is -0.423 e. The van der Waals surface area contributed by atoms with Crippen LogP contribution < -0.4 is 4.74 Å². The second-order valence-electron chi connectivity index (χ2n) is 3.99. The van der Waals surface area contributed by atoms with Gasteiger partial charge in [0.2, 0.25) is 0 Å². The van der Waals surface area contributed by atoms with Crippen LogP contribution in [-0.2, 0) is 4.79 Å². The molecule has 2 aromatic rings.